The number of anilines is 1. The molecule has 0 saturated carbocycles. The highest BCUT2D eigenvalue weighted by Crippen LogP contribution is 2.28. The Balaban J connectivity index is 1.37. The van der Waals surface area contributed by atoms with E-state index in [-0.39, 0.29) is 24.7 Å². The smallest absolute Gasteiger partial charge is 0.240 e. The second kappa shape index (κ2) is 9.43. The summed E-state index contributed by atoms with van der Waals surface area (Å²) in [5.74, 6) is 0.340. The molecule has 0 aliphatic carbocycles. The number of hydrazone groups is 1. The minimum absolute atomic E-state index is 0.0398. The highest BCUT2D eigenvalue weighted by atomic mass is 16.5. The second-order valence-corrected chi connectivity index (χ2v) is 7.47. The van der Waals surface area contributed by atoms with Crippen molar-refractivity contribution in [2.24, 2.45) is 5.10 Å². The van der Waals surface area contributed by atoms with E-state index in [9.17, 15) is 9.59 Å². The molecular formula is C25H25N3O3. The minimum atomic E-state index is -0.297. The van der Waals surface area contributed by atoms with Gasteiger partial charge in [-0.3, -0.25) is 9.59 Å². The van der Waals surface area contributed by atoms with Gasteiger partial charge in [0.2, 0.25) is 11.8 Å². The molecule has 0 saturated heterocycles. The fraction of sp³-hybridized carbons (Fsp3) is 0.240. The van der Waals surface area contributed by atoms with Crippen molar-refractivity contribution in [1.29, 1.82) is 0 Å². The lowest BCUT2D eigenvalue weighted by molar-refractivity contribution is -0.125. The van der Waals surface area contributed by atoms with Gasteiger partial charge in [-0.25, -0.2) is 5.43 Å². The molecule has 1 heterocycles. The van der Waals surface area contributed by atoms with Crippen molar-refractivity contribution in [3.05, 3.63) is 71.8 Å². The average Bonchev–Trinajstić information content (AvgIpc) is 2.82. The van der Waals surface area contributed by atoms with E-state index < -0.39 is 0 Å². The summed E-state index contributed by atoms with van der Waals surface area (Å²) in [5.41, 5.74) is 5.46. The summed E-state index contributed by atoms with van der Waals surface area (Å²) >= 11 is 0. The zero-order valence-corrected chi connectivity index (χ0v) is 17.5. The topological polar surface area (TPSA) is 71.0 Å². The Kier molecular flexibility index (Phi) is 6.26. The number of carbonyl (C=O) groups excluding carboxylic acids is 2. The summed E-state index contributed by atoms with van der Waals surface area (Å²) in [7, 11) is 1.60. The first kappa shape index (κ1) is 20.6. The van der Waals surface area contributed by atoms with Gasteiger partial charge in [-0.2, -0.15) is 5.10 Å². The van der Waals surface area contributed by atoms with Gasteiger partial charge in [0.25, 0.3) is 0 Å². The van der Waals surface area contributed by atoms with Crippen LogP contribution < -0.4 is 15.1 Å². The van der Waals surface area contributed by atoms with Gasteiger partial charge in [0.05, 0.1) is 13.3 Å². The standard InChI is InChI=1S/C25H25N3O3/c1-31-23-13-12-18-7-2-4-10-20(18)21(23)17-26-27-24(29)14-15-25(30)28-16-6-9-19-8-3-5-11-22(19)28/h2-5,7-8,10-13,17H,6,9,14-16H2,1H3,(H,27,29)/b26-17+. The Hall–Kier alpha value is -3.67. The number of ether oxygens (including phenoxy) is 1. The van der Waals surface area contributed by atoms with E-state index in [0.717, 1.165) is 34.9 Å². The lowest BCUT2D eigenvalue weighted by Gasteiger charge is -2.29. The van der Waals surface area contributed by atoms with Crippen LogP contribution in [0, 0.1) is 0 Å². The molecule has 4 rings (SSSR count). The van der Waals surface area contributed by atoms with Crippen LogP contribution in [0.5, 0.6) is 5.75 Å². The molecule has 6 nitrogen and oxygen atoms in total. The number of aryl methyl sites for hydroxylation is 1. The van der Waals surface area contributed by atoms with E-state index in [1.165, 1.54) is 5.56 Å². The number of benzene rings is 3. The Morgan fingerprint density at radius 3 is 2.74 bits per heavy atom. The van der Waals surface area contributed by atoms with Crippen molar-refractivity contribution in [2.75, 3.05) is 18.6 Å². The maximum atomic E-state index is 12.7. The van der Waals surface area contributed by atoms with Crippen molar-refractivity contribution in [3.63, 3.8) is 0 Å². The third-order valence-corrected chi connectivity index (χ3v) is 5.51. The highest BCUT2D eigenvalue weighted by Gasteiger charge is 2.22. The van der Waals surface area contributed by atoms with E-state index in [0.29, 0.717) is 12.3 Å². The van der Waals surface area contributed by atoms with Crippen LogP contribution in [0.2, 0.25) is 0 Å². The number of amides is 2. The van der Waals surface area contributed by atoms with Gasteiger partial charge in [-0.15, -0.1) is 0 Å². The molecule has 3 aromatic rings. The molecule has 3 aromatic carbocycles. The number of nitrogens with zero attached hydrogens (tertiary/aromatic N) is 2. The maximum absolute atomic E-state index is 12.7. The largest absolute Gasteiger partial charge is 0.496 e. The quantitative estimate of drug-likeness (QED) is 0.488. The molecule has 158 valence electrons. The van der Waals surface area contributed by atoms with Gasteiger partial charge in [-0.05, 0) is 41.3 Å². The van der Waals surface area contributed by atoms with Gasteiger partial charge < -0.3 is 9.64 Å². The molecule has 0 unspecified atom stereocenters. The summed E-state index contributed by atoms with van der Waals surface area (Å²) in [6, 6.07) is 19.7. The number of carbonyl (C=O) groups is 2. The number of methoxy groups -OCH3 is 1. The lowest BCUT2D eigenvalue weighted by Crippen LogP contribution is -2.36. The van der Waals surface area contributed by atoms with E-state index >= 15 is 0 Å². The normalized spacial score (nSPS) is 13.3. The summed E-state index contributed by atoms with van der Waals surface area (Å²) in [4.78, 5) is 26.7. The zero-order chi connectivity index (χ0) is 21.6. The molecule has 6 heteroatoms. The number of fused-ring (bicyclic) bond motifs is 2. The molecule has 31 heavy (non-hydrogen) atoms. The third kappa shape index (κ3) is 4.58. The Labute approximate surface area is 181 Å². The van der Waals surface area contributed by atoms with Crippen molar-refractivity contribution in [2.45, 2.75) is 25.7 Å². The molecule has 1 N–H and O–H groups in total. The first-order chi connectivity index (χ1) is 15.2. The number of nitrogens with one attached hydrogen (secondary N) is 1. The van der Waals surface area contributed by atoms with Crippen LogP contribution in [0.25, 0.3) is 10.8 Å². The summed E-state index contributed by atoms with van der Waals surface area (Å²) in [6.07, 6.45) is 3.73. The van der Waals surface area contributed by atoms with Crippen LogP contribution in [-0.2, 0) is 16.0 Å². The van der Waals surface area contributed by atoms with Crippen LogP contribution in [0.15, 0.2) is 65.8 Å². The van der Waals surface area contributed by atoms with Crippen molar-refractivity contribution < 1.29 is 14.3 Å². The summed E-state index contributed by atoms with van der Waals surface area (Å²) < 4.78 is 5.43. The number of hydrogen-bond acceptors (Lipinski definition) is 4. The van der Waals surface area contributed by atoms with Crippen LogP contribution >= 0.6 is 0 Å². The van der Waals surface area contributed by atoms with E-state index in [1.54, 1.807) is 18.2 Å². The fourth-order valence-corrected chi connectivity index (χ4v) is 3.96. The number of hydrogen-bond donors (Lipinski definition) is 1. The summed E-state index contributed by atoms with van der Waals surface area (Å²) in [5, 5.41) is 6.14. The third-order valence-electron chi connectivity index (χ3n) is 5.51. The predicted molar refractivity (Wildman–Crippen MR) is 123 cm³/mol. The molecular weight excluding hydrogens is 390 g/mol. The van der Waals surface area contributed by atoms with Crippen LogP contribution in [0.4, 0.5) is 5.69 Å². The van der Waals surface area contributed by atoms with Crippen LogP contribution in [0.3, 0.4) is 0 Å². The molecule has 1 aliphatic heterocycles. The van der Waals surface area contributed by atoms with E-state index in [4.69, 9.17) is 4.74 Å². The first-order valence-electron chi connectivity index (χ1n) is 10.4. The van der Waals surface area contributed by atoms with Crippen LogP contribution in [0.1, 0.15) is 30.4 Å². The highest BCUT2D eigenvalue weighted by molar-refractivity contribution is 6.03. The van der Waals surface area contributed by atoms with Gasteiger partial charge in [-0.1, -0.05) is 48.5 Å². The Morgan fingerprint density at radius 2 is 1.87 bits per heavy atom. The number of para-hydroxylation sites is 1. The van der Waals surface area contributed by atoms with Gasteiger partial charge in [0.1, 0.15) is 5.75 Å². The van der Waals surface area contributed by atoms with Crippen molar-refractivity contribution >= 4 is 34.5 Å². The van der Waals surface area contributed by atoms with Crippen molar-refractivity contribution in [1.82, 2.24) is 5.43 Å². The Morgan fingerprint density at radius 1 is 1.06 bits per heavy atom. The Bertz CT molecular complexity index is 1140. The number of rotatable bonds is 6. The van der Waals surface area contributed by atoms with Gasteiger partial charge >= 0.3 is 0 Å². The molecule has 0 radical (unpaired) electrons. The average molecular weight is 415 g/mol. The summed E-state index contributed by atoms with van der Waals surface area (Å²) in [6.45, 7) is 0.691. The molecule has 2 amide bonds. The molecule has 1 aliphatic rings. The first-order valence-corrected chi connectivity index (χ1v) is 10.4. The SMILES string of the molecule is COc1ccc2ccccc2c1/C=N/NC(=O)CCC(=O)N1CCCc2ccccc21. The lowest BCUT2D eigenvalue weighted by atomic mass is 10.0. The van der Waals surface area contributed by atoms with Gasteiger partial charge in [0, 0.05) is 30.6 Å². The maximum Gasteiger partial charge on any atom is 0.240 e. The fourth-order valence-electron chi connectivity index (χ4n) is 3.96. The predicted octanol–water partition coefficient (Wildman–Crippen LogP) is 4.06. The second-order valence-electron chi connectivity index (χ2n) is 7.47. The van der Waals surface area contributed by atoms with Crippen molar-refractivity contribution in [3.8, 4) is 5.75 Å². The minimum Gasteiger partial charge on any atom is -0.496 e. The monoisotopic (exact) mass is 415 g/mol. The molecule has 0 bridgehead atoms. The molecule has 0 fully saturated rings. The van der Waals surface area contributed by atoms with E-state index in [1.807, 2.05) is 54.6 Å². The van der Waals surface area contributed by atoms with Crippen LogP contribution in [-0.4, -0.2) is 31.7 Å². The zero-order valence-electron chi connectivity index (χ0n) is 17.5. The molecule has 0 aromatic heterocycles. The van der Waals surface area contributed by atoms with E-state index in [2.05, 4.69) is 16.6 Å². The van der Waals surface area contributed by atoms with Gasteiger partial charge in [0.15, 0.2) is 0 Å². The molecule has 0 atom stereocenters. The molecule has 0 spiro atoms.